The van der Waals surface area contributed by atoms with Crippen molar-refractivity contribution >= 4 is 0 Å². The Morgan fingerprint density at radius 1 is 1.29 bits per heavy atom. The Morgan fingerprint density at radius 2 is 2.12 bits per heavy atom. The summed E-state index contributed by atoms with van der Waals surface area (Å²) in [6.45, 7) is 1.86. The second-order valence-electron chi connectivity index (χ2n) is 4.84. The van der Waals surface area contributed by atoms with Crippen LogP contribution >= 0.6 is 0 Å². The molecule has 2 fully saturated rings. The van der Waals surface area contributed by atoms with Gasteiger partial charge in [0.25, 0.3) is 0 Å². The maximum atomic E-state index is 12.0. The van der Waals surface area contributed by atoms with E-state index in [0.717, 1.165) is 19.3 Å². The van der Waals surface area contributed by atoms with Gasteiger partial charge in [-0.2, -0.15) is 13.2 Å². The molecule has 2 rings (SSSR count). The van der Waals surface area contributed by atoms with Crippen LogP contribution in [-0.4, -0.2) is 44.2 Å². The Balaban J connectivity index is 1.74. The maximum Gasteiger partial charge on any atom is 0.390 e. The van der Waals surface area contributed by atoms with Gasteiger partial charge in [-0.3, -0.25) is 0 Å². The lowest BCUT2D eigenvalue weighted by molar-refractivity contribution is -0.134. The third-order valence-corrected chi connectivity index (χ3v) is 3.40. The number of halogens is 3. The Kier molecular flexibility index (Phi) is 3.95. The van der Waals surface area contributed by atoms with E-state index in [2.05, 4.69) is 5.32 Å². The molecule has 0 aliphatic carbocycles. The van der Waals surface area contributed by atoms with Crippen molar-refractivity contribution in [2.75, 3.05) is 26.4 Å². The summed E-state index contributed by atoms with van der Waals surface area (Å²) in [5.41, 5.74) is -0.242. The van der Waals surface area contributed by atoms with Gasteiger partial charge in [-0.15, -0.1) is 0 Å². The van der Waals surface area contributed by atoms with Gasteiger partial charge in [0.05, 0.1) is 18.6 Å². The molecule has 3 nitrogen and oxygen atoms in total. The number of nitrogens with one attached hydrogen (secondary N) is 1. The fourth-order valence-corrected chi connectivity index (χ4v) is 2.48. The third-order valence-electron chi connectivity index (χ3n) is 3.40. The van der Waals surface area contributed by atoms with E-state index in [9.17, 15) is 13.2 Å². The molecule has 2 saturated heterocycles. The van der Waals surface area contributed by atoms with E-state index in [-0.39, 0.29) is 18.2 Å². The summed E-state index contributed by atoms with van der Waals surface area (Å²) in [5.74, 6) is 0. The van der Waals surface area contributed by atoms with Crippen molar-refractivity contribution < 1.29 is 22.6 Å². The zero-order valence-electron chi connectivity index (χ0n) is 9.68. The van der Waals surface area contributed by atoms with Crippen LogP contribution in [0.25, 0.3) is 0 Å². The van der Waals surface area contributed by atoms with E-state index in [1.807, 2.05) is 0 Å². The predicted octanol–water partition coefficient (Wildman–Crippen LogP) is 1.87. The molecule has 0 bridgehead atoms. The Morgan fingerprint density at radius 3 is 2.76 bits per heavy atom. The van der Waals surface area contributed by atoms with Gasteiger partial charge < -0.3 is 14.8 Å². The molecule has 2 aliphatic heterocycles. The molecular weight excluding hydrogens is 235 g/mol. The number of hydrogen-bond donors (Lipinski definition) is 1. The molecule has 2 unspecified atom stereocenters. The summed E-state index contributed by atoms with van der Waals surface area (Å²) < 4.78 is 47.1. The SMILES string of the molecule is FC(F)(F)CCNC1CCOC2(CCOC2)C1. The summed E-state index contributed by atoms with van der Waals surface area (Å²) in [7, 11) is 0. The molecule has 100 valence electrons. The molecule has 1 spiro atoms. The van der Waals surface area contributed by atoms with Crippen molar-refractivity contribution in [3.05, 3.63) is 0 Å². The second kappa shape index (κ2) is 5.12. The summed E-state index contributed by atoms with van der Waals surface area (Å²) in [4.78, 5) is 0. The normalized spacial score (nSPS) is 34.4. The van der Waals surface area contributed by atoms with Crippen molar-refractivity contribution in [1.82, 2.24) is 5.32 Å². The zero-order valence-corrected chi connectivity index (χ0v) is 9.68. The number of hydrogen-bond acceptors (Lipinski definition) is 3. The lowest BCUT2D eigenvalue weighted by Crippen LogP contribution is -2.48. The highest BCUT2D eigenvalue weighted by Gasteiger charge is 2.41. The Hall–Kier alpha value is -0.330. The third kappa shape index (κ3) is 3.82. The van der Waals surface area contributed by atoms with Gasteiger partial charge in [0, 0.05) is 32.2 Å². The molecule has 0 saturated carbocycles. The molecule has 2 aliphatic rings. The van der Waals surface area contributed by atoms with Gasteiger partial charge in [0.15, 0.2) is 0 Å². The zero-order chi connectivity index (χ0) is 12.4. The van der Waals surface area contributed by atoms with Crippen LogP contribution in [0.4, 0.5) is 13.2 Å². The van der Waals surface area contributed by atoms with Crippen molar-refractivity contribution in [2.45, 2.75) is 43.5 Å². The molecule has 17 heavy (non-hydrogen) atoms. The molecule has 6 heteroatoms. The second-order valence-corrected chi connectivity index (χ2v) is 4.84. The first-order valence-corrected chi connectivity index (χ1v) is 6.01. The maximum absolute atomic E-state index is 12.0. The van der Waals surface area contributed by atoms with Crippen molar-refractivity contribution in [3.8, 4) is 0 Å². The molecule has 0 aromatic carbocycles. The van der Waals surface area contributed by atoms with Crippen molar-refractivity contribution in [1.29, 1.82) is 0 Å². The smallest absolute Gasteiger partial charge is 0.378 e. The van der Waals surface area contributed by atoms with E-state index in [1.54, 1.807) is 0 Å². The standard InChI is InChI=1S/C11H18F3NO2/c12-11(13,14)2-4-15-9-1-5-17-10(7-9)3-6-16-8-10/h9,15H,1-8H2. The van der Waals surface area contributed by atoms with Gasteiger partial charge in [-0.05, 0) is 12.8 Å². The monoisotopic (exact) mass is 253 g/mol. The average Bonchev–Trinajstić information content (AvgIpc) is 2.64. The molecule has 2 heterocycles. The van der Waals surface area contributed by atoms with Crippen LogP contribution in [0.2, 0.25) is 0 Å². The van der Waals surface area contributed by atoms with Crippen LogP contribution in [0.15, 0.2) is 0 Å². The first-order valence-electron chi connectivity index (χ1n) is 6.01. The fourth-order valence-electron chi connectivity index (χ4n) is 2.48. The van der Waals surface area contributed by atoms with Crippen LogP contribution in [-0.2, 0) is 9.47 Å². The van der Waals surface area contributed by atoms with Crippen LogP contribution in [0.5, 0.6) is 0 Å². The predicted molar refractivity (Wildman–Crippen MR) is 55.8 cm³/mol. The molecule has 2 atom stereocenters. The minimum absolute atomic E-state index is 0.00883. The molecular formula is C11H18F3NO2. The van der Waals surface area contributed by atoms with Crippen molar-refractivity contribution in [3.63, 3.8) is 0 Å². The van der Waals surface area contributed by atoms with Gasteiger partial charge in [-0.25, -0.2) is 0 Å². The first-order chi connectivity index (χ1) is 7.99. The average molecular weight is 253 g/mol. The minimum atomic E-state index is -4.08. The largest absolute Gasteiger partial charge is 0.390 e. The van der Waals surface area contributed by atoms with E-state index in [0.29, 0.717) is 19.8 Å². The molecule has 0 aromatic heterocycles. The highest BCUT2D eigenvalue weighted by Crippen LogP contribution is 2.32. The number of alkyl halides is 3. The van der Waals surface area contributed by atoms with Crippen LogP contribution in [0, 0.1) is 0 Å². The van der Waals surface area contributed by atoms with E-state index >= 15 is 0 Å². The summed E-state index contributed by atoms with van der Waals surface area (Å²) in [6, 6.07) is 0.118. The van der Waals surface area contributed by atoms with Crippen molar-refractivity contribution in [2.24, 2.45) is 0 Å². The summed E-state index contributed by atoms with van der Waals surface area (Å²) in [5, 5.41) is 2.97. The van der Waals surface area contributed by atoms with Gasteiger partial charge in [0.2, 0.25) is 0 Å². The van der Waals surface area contributed by atoms with E-state index in [1.165, 1.54) is 0 Å². The molecule has 0 aromatic rings. The van der Waals surface area contributed by atoms with Crippen LogP contribution < -0.4 is 5.32 Å². The quantitative estimate of drug-likeness (QED) is 0.833. The fraction of sp³-hybridized carbons (Fsp3) is 1.00. The Bertz CT molecular complexity index is 252. The van der Waals surface area contributed by atoms with E-state index < -0.39 is 12.6 Å². The van der Waals surface area contributed by atoms with Crippen LogP contribution in [0.3, 0.4) is 0 Å². The van der Waals surface area contributed by atoms with Gasteiger partial charge in [-0.1, -0.05) is 0 Å². The van der Waals surface area contributed by atoms with Gasteiger partial charge >= 0.3 is 6.18 Å². The summed E-state index contributed by atoms with van der Waals surface area (Å²) in [6.07, 6.45) is -2.46. The van der Waals surface area contributed by atoms with E-state index in [4.69, 9.17) is 9.47 Å². The highest BCUT2D eigenvalue weighted by molar-refractivity contribution is 4.92. The summed E-state index contributed by atoms with van der Waals surface area (Å²) >= 11 is 0. The number of rotatable bonds is 3. The topological polar surface area (TPSA) is 30.5 Å². The first kappa shape index (κ1) is 13.1. The Labute approximate surface area is 98.7 Å². The molecule has 1 N–H and O–H groups in total. The highest BCUT2D eigenvalue weighted by atomic mass is 19.4. The lowest BCUT2D eigenvalue weighted by Gasteiger charge is -2.37. The van der Waals surface area contributed by atoms with Crippen LogP contribution in [0.1, 0.15) is 25.7 Å². The molecule has 0 radical (unpaired) electrons. The lowest BCUT2D eigenvalue weighted by atomic mass is 9.89. The minimum Gasteiger partial charge on any atom is -0.378 e. The number of ether oxygens (including phenoxy) is 2. The van der Waals surface area contributed by atoms with Gasteiger partial charge in [0.1, 0.15) is 0 Å². The molecule has 0 amide bonds.